The van der Waals surface area contributed by atoms with Crippen molar-refractivity contribution in [2.45, 2.75) is 18.7 Å². The molecule has 0 bridgehead atoms. The van der Waals surface area contributed by atoms with E-state index in [2.05, 4.69) is 5.32 Å². The second-order valence-corrected chi connectivity index (χ2v) is 3.70. The summed E-state index contributed by atoms with van der Waals surface area (Å²) in [6, 6.07) is 0. The number of nitrogens with one attached hydrogen (secondary N) is 1. The highest BCUT2D eigenvalue weighted by atomic mass is 35.5. The molecule has 0 radical (unpaired) electrons. The Labute approximate surface area is 78.1 Å². The molecule has 0 aliphatic carbocycles. The van der Waals surface area contributed by atoms with Gasteiger partial charge in [-0.3, -0.25) is 4.79 Å². The Hall–Kier alpha value is -0.280. The first-order valence-corrected chi connectivity index (χ1v) is 4.79. The molecule has 0 aromatic heterocycles. The Morgan fingerprint density at radius 1 is 1.50 bits per heavy atom. The van der Waals surface area contributed by atoms with Crippen molar-refractivity contribution in [2.75, 3.05) is 26.2 Å². The number of alkyl halides is 1. The topological polar surface area (TPSA) is 32.3 Å². The highest BCUT2D eigenvalue weighted by Crippen LogP contribution is 2.03. The van der Waals surface area contributed by atoms with Crippen molar-refractivity contribution in [3.8, 4) is 0 Å². The number of hydrogen-bond donors (Lipinski definition) is 1. The lowest BCUT2D eigenvalue weighted by Gasteiger charge is -2.20. The van der Waals surface area contributed by atoms with Crippen LogP contribution in [-0.4, -0.2) is 42.4 Å². The molecule has 1 heterocycles. The molecule has 1 aliphatic heterocycles. The molecule has 1 unspecified atom stereocenters. The van der Waals surface area contributed by atoms with Gasteiger partial charge in [0.05, 0.1) is 0 Å². The molecule has 1 saturated heterocycles. The zero-order chi connectivity index (χ0) is 8.97. The van der Waals surface area contributed by atoms with E-state index >= 15 is 0 Å². The minimum atomic E-state index is -0.386. The van der Waals surface area contributed by atoms with Gasteiger partial charge < -0.3 is 10.2 Å². The summed E-state index contributed by atoms with van der Waals surface area (Å²) in [6.45, 7) is 5.23. The van der Waals surface area contributed by atoms with E-state index in [1.807, 2.05) is 4.90 Å². The highest BCUT2D eigenvalue weighted by molar-refractivity contribution is 6.30. The quantitative estimate of drug-likeness (QED) is 0.609. The minimum absolute atomic E-state index is 0.0559. The van der Waals surface area contributed by atoms with Crippen LogP contribution in [0.3, 0.4) is 0 Å². The van der Waals surface area contributed by atoms with Crippen molar-refractivity contribution in [1.29, 1.82) is 0 Å². The molecule has 1 rings (SSSR count). The predicted molar refractivity (Wildman–Crippen MR) is 49.4 cm³/mol. The average molecular weight is 191 g/mol. The van der Waals surface area contributed by atoms with Crippen LogP contribution in [-0.2, 0) is 4.79 Å². The van der Waals surface area contributed by atoms with Crippen LogP contribution < -0.4 is 5.32 Å². The number of halogens is 1. The lowest BCUT2D eigenvalue weighted by atomic mass is 10.3. The van der Waals surface area contributed by atoms with Gasteiger partial charge in [-0.1, -0.05) is 0 Å². The van der Waals surface area contributed by atoms with Crippen LogP contribution >= 0.6 is 11.6 Å². The number of hydrogen-bond acceptors (Lipinski definition) is 2. The molecule has 0 aromatic rings. The molecule has 1 amide bonds. The number of carbonyl (C=O) groups excluding carboxylic acids is 1. The lowest BCUT2D eigenvalue weighted by Crippen LogP contribution is -2.38. The first kappa shape index (κ1) is 9.81. The van der Waals surface area contributed by atoms with E-state index in [1.54, 1.807) is 6.92 Å². The molecule has 4 heteroatoms. The van der Waals surface area contributed by atoms with Crippen LogP contribution in [0.2, 0.25) is 0 Å². The maximum atomic E-state index is 11.4. The van der Waals surface area contributed by atoms with Gasteiger partial charge in [-0.2, -0.15) is 0 Å². The molecule has 12 heavy (non-hydrogen) atoms. The molecule has 1 aliphatic rings. The van der Waals surface area contributed by atoms with Crippen molar-refractivity contribution >= 4 is 17.5 Å². The maximum Gasteiger partial charge on any atom is 0.240 e. The van der Waals surface area contributed by atoms with E-state index in [9.17, 15) is 4.79 Å². The zero-order valence-electron chi connectivity index (χ0n) is 7.35. The number of rotatable bonds is 1. The first-order valence-electron chi connectivity index (χ1n) is 4.35. The summed E-state index contributed by atoms with van der Waals surface area (Å²) < 4.78 is 0. The molecule has 70 valence electrons. The molecular weight excluding hydrogens is 176 g/mol. The largest absolute Gasteiger partial charge is 0.340 e. The number of amides is 1. The Morgan fingerprint density at radius 3 is 2.92 bits per heavy atom. The highest BCUT2D eigenvalue weighted by Gasteiger charge is 2.18. The third-order valence-corrected chi connectivity index (χ3v) is 2.18. The monoisotopic (exact) mass is 190 g/mol. The summed E-state index contributed by atoms with van der Waals surface area (Å²) >= 11 is 5.70. The van der Waals surface area contributed by atoms with Gasteiger partial charge in [0.15, 0.2) is 0 Å². The maximum absolute atomic E-state index is 11.4. The Bertz CT molecular complexity index is 153. The molecule has 3 nitrogen and oxygen atoms in total. The van der Waals surface area contributed by atoms with E-state index in [0.29, 0.717) is 0 Å². The standard InChI is InChI=1S/C8H15ClN2O/c1-7(9)8(12)11-5-2-3-10-4-6-11/h7,10H,2-6H2,1H3. The van der Waals surface area contributed by atoms with Crippen LogP contribution in [0.4, 0.5) is 0 Å². The lowest BCUT2D eigenvalue weighted by molar-refractivity contribution is -0.130. The molecule has 0 aromatic carbocycles. The fraction of sp³-hybridized carbons (Fsp3) is 0.875. The predicted octanol–water partition coefficient (Wildman–Crippen LogP) is 0.436. The fourth-order valence-corrected chi connectivity index (χ4v) is 1.46. The van der Waals surface area contributed by atoms with E-state index in [0.717, 1.165) is 32.6 Å². The fourth-order valence-electron chi connectivity index (χ4n) is 1.32. The molecule has 1 fully saturated rings. The van der Waals surface area contributed by atoms with Gasteiger partial charge in [-0.25, -0.2) is 0 Å². The first-order chi connectivity index (χ1) is 5.72. The Balaban J connectivity index is 2.43. The van der Waals surface area contributed by atoms with Gasteiger partial charge in [-0.05, 0) is 19.9 Å². The molecule has 1 N–H and O–H groups in total. The van der Waals surface area contributed by atoms with Gasteiger partial charge >= 0.3 is 0 Å². The van der Waals surface area contributed by atoms with E-state index in [1.165, 1.54) is 0 Å². The Morgan fingerprint density at radius 2 is 2.25 bits per heavy atom. The van der Waals surface area contributed by atoms with Crippen molar-refractivity contribution in [1.82, 2.24) is 10.2 Å². The van der Waals surface area contributed by atoms with Crippen molar-refractivity contribution in [3.05, 3.63) is 0 Å². The summed E-state index contributed by atoms with van der Waals surface area (Å²) in [5.41, 5.74) is 0. The average Bonchev–Trinajstić information content (AvgIpc) is 2.30. The third kappa shape index (κ3) is 2.64. The van der Waals surface area contributed by atoms with Crippen molar-refractivity contribution in [2.24, 2.45) is 0 Å². The van der Waals surface area contributed by atoms with Crippen LogP contribution in [0.1, 0.15) is 13.3 Å². The molecule has 0 saturated carbocycles. The number of nitrogens with zero attached hydrogens (tertiary/aromatic N) is 1. The van der Waals surface area contributed by atoms with Crippen LogP contribution in [0.15, 0.2) is 0 Å². The van der Waals surface area contributed by atoms with E-state index in [-0.39, 0.29) is 11.3 Å². The molecule has 0 spiro atoms. The van der Waals surface area contributed by atoms with Crippen LogP contribution in [0.5, 0.6) is 0 Å². The third-order valence-electron chi connectivity index (χ3n) is 1.99. The number of carbonyl (C=O) groups is 1. The summed E-state index contributed by atoms with van der Waals surface area (Å²) in [7, 11) is 0. The van der Waals surface area contributed by atoms with Gasteiger partial charge in [0.1, 0.15) is 5.38 Å². The summed E-state index contributed by atoms with van der Waals surface area (Å²) in [6.07, 6.45) is 1.02. The molecular formula is C8H15ClN2O. The Kier molecular flexibility index (Phi) is 3.82. The SMILES string of the molecule is CC(Cl)C(=O)N1CCCNCC1. The van der Waals surface area contributed by atoms with E-state index < -0.39 is 0 Å². The summed E-state index contributed by atoms with van der Waals surface area (Å²) in [4.78, 5) is 13.2. The van der Waals surface area contributed by atoms with Crippen molar-refractivity contribution < 1.29 is 4.79 Å². The van der Waals surface area contributed by atoms with Gasteiger partial charge in [-0.15, -0.1) is 11.6 Å². The van der Waals surface area contributed by atoms with Crippen LogP contribution in [0.25, 0.3) is 0 Å². The summed E-state index contributed by atoms with van der Waals surface area (Å²) in [5.74, 6) is 0.0559. The smallest absolute Gasteiger partial charge is 0.240 e. The normalized spacial score (nSPS) is 21.7. The van der Waals surface area contributed by atoms with Gasteiger partial charge in [0, 0.05) is 19.6 Å². The van der Waals surface area contributed by atoms with Crippen LogP contribution in [0, 0.1) is 0 Å². The van der Waals surface area contributed by atoms with Crippen molar-refractivity contribution in [3.63, 3.8) is 0 Å². The second kappa shape index (κ2) is 4.67. The van der Waals surface area contributed by atoms with Gasteiger partial charge in [0.25, 0.3) is 0 Å². The zero-order valence-corrected chi connectivity index (χ0v) is 8.10. The summed E-state index contributed by atoms with van der Waals surface area (Å²) in [5, 5.41) is 2.85. The second-order valence-electron chi connectivity index (χ2n) is 3.04. The minimum Gasteiger partial charge on any atom is -0.340 e. The van der Waals surface area contributed by atoms with Gasteiger partial charge in [0.2, 0.25) is 5.91 Å². The van der Waals surface area contributed by atoms with E-state index in [4.69, 9.17) is 11.6 Å². The molecule has 1 atom stereocenters.